The van der Waals surface area contributed by atoms with Gasteiger partial charge >= 0.3 is 0 Å². The second-order valence-electron chi connectivity index (χ2n) is 13.1. The minimum absolute atomic E-state index is 0.0702. The summed E-state index contributed by atoms with van der Waals surface area (Å²) in [6.45, 7) is 4.23. The van der Waals surface area contributed by atoms with Crippen molar-refractivity contribution in [1.29, 1.82) is 0 Å². The van der Waals surface area contributed by atoms with Gasteiger partial charge in [0.15, 0.2) is 0 Å². The molecule has 7 rings (SSSR count). The summed E-state index contributed by atoms with van der Waals surface area (Å²) >= 11 is 7.12. The van der Waals surface area contributed by atoms with E-state index in [0.717, 1.165) is 51.7 Å². The normalized spacial score (nSPS) is 17.2. The van der Waals surface area contributed by atoms with E-state index in [4.69, 9.17) is 21.3 Å². The van der Waals surface area contributed by atoms with Gasteiger partial charge in [0.05, 0.1) is 24.0 Å². The zero-order valence-corrected chi connectivity index (χ0v) is 29.3. The number of rotatable bonds is 12. The fourth-order valence-electron chi connectivity index (χ4n) is 6.94. The first kappa shape index (κ1) is 34.4. The van der Waals surface area contributed by atoms with Crippen LogP contribution in [0.15, 0.2) is 77.9 Å². The van der Waals surface area contributed by atoms with Gasteiger partial charge in [-0.25, -0.2) is 4.98 Å². The highest BCUT2D eigenvalue weighted by Crippen LogP contribution is 2.40. The Morgan fingerprint density at radius 2 is 1.53 bits per heavy atom. The Kier molecular flexibility index (Phi) is 10.1. The molecule has 3 aromatic heterocycles. The first-order valence-corrected chi connectivity index (χ1v) is 17.6. The highest BCUT2D eigenvalue weighted by Gasteiger charge is 2.22. The van der Waals surface area contributed by atoms with E-state index >= 15 is 0 Å². The van der Waals surface area contributed by atoms with Crippen molar-refractivity contribution in [2.75, 3.05) is 20.2 Å². The van der Waals surface area contributed by atoms with E-state index < -0.39 is 0 Å². The van der Waals surface area contributed by atoms with Crippen LogP contribution in [0.1, 0.15) is 42.5 Å². The SMILES string of the molecule is COc1nc(-c2cccc(-c3cccc(-c4ccn5c(=O)c(CNC[C@H]6CCC(=O)N6)ccc5c4)c3C)c2Cl)cnc1CNC[C@H]1CCC(=O)N1. The lowest BCUT2D eigenvalue weighted by Crippen LogP contribution is -2.36. The Bertz CT molecular complexity index is 2190. The van der Waals surface area contributed by atoms with Crippen molar-refractivity contribution in [2.45, 2.75) is 57.8 Å². The number of fused-ring (bicyclic) bond motifs is 1. The summed E-state index contributed by atoms with van der Waals surface area (Å²) in [4.78, 5) is 45.7. The molecule has 5 heterocycles. The number of nitrogens with zero attached hydrogens (tertiary/aromatic N) is 3. The number of pyridine rings is 2. The number of hydrogen-bond acceptors (Lipinski definition) is 8. The molecule has 0 aliphatic carbocycles. The molecule has 262 valence electrons. The topological polar surface area (TPSA) is 139 Å². The van der Waals surface area contributed by atoms with E-state index in [1.54, 1.807) is 17.7 Å². The third-order valence-corrected chi connectivity index (χ3v) is 10.1. The van der Waals surface area contributed by atoms with Crippen LogP contribution in [-0.2, 0) is 22.7 Å². The number of aromatic nitrogens is 3. The minimum atomic E-state index is -0.0702. The number of carbonyl (C=O) groups excluding carboxylic acids is 2. The van der Waals surface area contributed by atoms with Gasteiger partial charge in [0.25, 0.3) is 5.56 Å². The first-order chi connectivity index (χ1) is 24.8. The highest BCUT2D eigenvalue weighted by atomic mass is 35.5. The lowest BCUT2D eigenvalue weighted by molar-refractivity contribution is -0.120. The molecule has 5 aromatic rings. The van der Waals surface area contributed by atoms with Crippen molar-refractivity contribution in [1.82, 2.24) is 35.6 Å². The molecule has 0 bridgehead atoms. The quantitative estimate of drug-likeness (QED) is 0.145. The number of methoxy groups -OCH3 is 1. The number of carbonyl (C=O) groups is 2. The molecule has 2 aliphatic heterocycles. The predicted molar refractivity (Wildman–Crippen MR) is 198 cm³/mol. The summed E-state index contributed by atoms with van der Waals surface area (Å²) in [6.07, 6.45) is 6.27. The third-order valence-electron chi connectivity index (χ3n) is 9.71. The second-order valence-corrected chi connectivity index (χ2v) is 13.5. The molecule has 2 fully saturated rings. The van der Waals surface area contributed by atoms with Gasteiger partial charge in [-0.2, -0.15) is 0 Å². The van der Waals surface area contributed by atoms with E-state index in [1.165, 1.54) is 0 Å². The maximum Gasteiger partial charge on any atom is 0.259 e. The summed E-state index contributed by atoms with van der Waals surface area (Å²) in [7, 11) is 1.57. The van der Waals surface area contributed by atoms with E-state index in [2.05, 4.69) is 45.3 Å². The van der Waals surface area contributed by atoms with Crippen molar-refractivity contribution in [2.24, 2.45) is 0 Å². The summed E-state index contributed by atoms with van der Waals surface area (Å²) in [6, 6.07) is 20.1. The van der Waals surface area contributed by atoms with Crippen LogP contribution >= 0.6 is 11.6 Å². The minimum Gasteiger partial charge on any atom is -0.480 e. The van der Waals surface area contributed by atoms with Gasteiger partial charge in [-0.05, 0) is 60.2 Å². The standard InChI is InChI=1S/C39H40ClN7O4/c1-23-29(24-15-16-47-28(17-24)12-9-25(39(47)50)18-41-19-26-10-13-35(48)44-26)5-3-6-30(23)31-7-4-8-32(37(31)40)33-22-43-34(38(46-33)51-2)21-42-20-27-11-14-36(49)45-27/h3-9,12,15-17,22,26-27,41-42H,10-11,13-14,18-21H2,1-2H3,(H,44,48)(H,45,49)/t26-,27-/m1/s1. The average molecular weight is 706 g/mol. The summed E-state index contributed by atoms with van der Waals surface area (Å²) in [5, 5.41) is 13.1. The van der Waals surface area contributed by atoms with Crippen LogP contribution in [0.4, 0.5) is 0 Å². The molecule has 0 saturated carbocycles. The van der Waals surface area contributed by atoms with Crippen LogP contribution in [0.25, 0.3) is 39.0 Å². The van der Waals surface area contributed by atoms with Crippen LogP contribution in [0.3, 0.4) is 0 Å². The molecular weight excluding hydrogens is 666 g/mol. The van der Waals surface area contributed by atoms with Crippen LogP contribution < -0.4 is 31.6 Å². The molecule has 2 atom stereocenters. The van der Waals surface area contributed by atoms with Crippen molar-refractivity contribution in [3.63, 3.8) is 0 Å². The van der Waals surface area contributed by atoms with Gasteiger partial charge in [-0.1, -0.05) is 54.1 Å². The zero-order chi connectivity index (χ0) is 35.5. The smallest absolute Gasteiger partial charge is 0.259 e. The Balaban J connectivity index is 1.10. The fraction of sp³-hybridized carbons (Fsp3) is 0.308. The van der Waals surface area contributed by atoms with Gasteiger partial charge in [0.1, 0.15) is 5.69 Å². The van der Waals surface area contributed by atoms with Gasteiger partial charge in [-0.15, -0.1) is 0 Å². The number of benzene rings is 2. The van der Waals surface area contributed by atoms with Gasteiger partial charge in [-0.3, -0.25) is 23.8 Å². The average Bonchev–Trinajstić information content (AvgIpc) is 3.76. The molecule has 12 heteroatoms. The molecule has 11 nitrogen and oxygen atoms in total. The molecule has 2 amide bonds. The highest BCUT2D eigenvalue weighted by molar-refractivity contribution is 6.36. The second kappa shape index (κ2) is 15.0. The molecule has 2 saturated heterocycles. The van der Waals surface area contributed by atoms with Gasteiger partial charge in [0.2, 0.25) is 17.7 Å². The van der Waals surface area contributed by atoms with E-state index in [0.29, 0.717) is 66.9 Å². The fourth-order valence-corrected chi connectivity index (χ4v) is 7.27. The Morgan fingerprint density at radius 3 is 2.22 bits per heavy atom. The number of nitrogens with one attached hydrogen (secondary N) is 4. The first-order valence-electron chi connectivity index (χ1n) is 17.2. The lowest BCUT2D eigenvalue weighted by atomic mass is 9.92. The lowest BCUT2D eigenvalue weighted by Gasteiger charge is -2.16. The molecule has 51 heavy (non-hydrogen) atoms. The van der Waals surface area contributed by atoms with Crippen LogP contribution in [-0.4, -0.2) is 58.5 Å². The maximum atomic E-state index is 13.3. The Morgan fingerprint density at radius 1 is 0.863 bits per heavy atom. The molecule has 0 radical (unpaired) electrons. The van der Waals surface area contributed by atoms with E-state index in [9.17, 15) is 14.4 Å². The van der Waals surface area contributed by atoms with Gasteiger partial charge in [0, 0.05) is 79.5 Å². The van der Waals surface area contributed by atoms with Gasteiger partial charge < -0.3 is 26.0 Å². The van der Waals surface area contributed by atoms with Crippen molar-refractivity contribution in [3.05, 3.63) is 105 Å². The predicted octanol–water partition coefficient (Wildman–Crippen LogP) is 4.80. The number of ether oxygens (including phenoxy) is 1. The molecule has 0 unspecified atom stereocenters. The van der Waals surface area contributed by atoms with E-state index in [1.807, 2.05) is 54.7 Å². The summed E-state index contributed by atoms with van der Waals surface area (Å²) in [5.41, 5.74) is 8.31. The monoisotopic (exact) mass is 705 g/mol. The zero-order valence-electron chi connectivity index (χ0n) is 28.6. The van der Waals surface area contributed by atoms with Crippen molar-refractivity contribution >= 4 is 28.9 Å². The molecular formula is C39H40ClN7O4. The van der Waals surface area contributed by atoms with Crippen LogP contribution in [0, 0.1) is 6.92 Å². The molecule has 2 aromatic carbocycles. The molecule has 4 N–H and O–H groups in total. The number of amides is 2. The van der Waals surface area contributed by atoms with Crippen molar-refractivity contribution < 1.29 is 14.3 Å². The third kappa shape index (κ3) is 7.37. The summed E-state index contributed by atoms with van der Waals surface area (Å²) in [5.74, 6) is 0.577. The maximum absolute atomic E-state index is 13.3. The molecule has 0 spiro atoms. The Labute approximate surface area is 300 Å². The largest absolute Gasteiger partial charge is 0.480 e. The summed E-state index contributed by atoms with van der Waals surface area (Å²) < 4.78 is 7.28. The van der Waals surface area contributed by atoms with E-state index in [-0.39, 0.29) is 29.5 Å². The van der Waals surface area contributed by atoms with Crippen LogP contribution in [0.2, 0.25) is 5.02 Å². The van der Waals surface area contributed by atoms with Crippen molar-refractivity contribution in [3.8, 4) is 39.4 Å². The van der Waals surface area contributed by atoms with Crippen LogP contribution in [0.5, 0.6) is 5.88 Å². The Hall–Kier alpha value is -5.10. The molecule has 2 aliphatic rings. The number of hydrogen-bond donors (Lipinski definition) is 4. The number of halogens is 1.